The van der Waals surface area contributed by atoms with Crippen molar-refractivity contribution >= 4 is 11.7 Å². The molecule has 1 aliphatic rings. The average Bonchev–Trinajstić information content (AvgIpc) is 3.30. The smallest absolute Gasteiger partial charge is 0.321 e. The van der Waals surface area contributed by atoms with Crippen molar-refractivity contribution in [1.82, 2.24) is 19.9 Å². The molecular weight excluding hydrogens is 380 g/mol. The Hall–Kier alpha value is -3.70. The molecule has 1 saturated heterocycles. The molecule has 1 unspecified atom stereocenters. The Morgan fingerprint density at radius 1 is 1.10 bits per heavy atom. The Kier molecular flexibility index (Phi) is 5.72. The summed E-state index contributed by atoms with van der Waals surface area (Å²) in [5.41, 5.74) is 2.16. The third kappa shape index (κ3) is 4.31. The van der Waals surface area contributed by atoms with Crippen LogP contribution in [0.25, 0.3) is 11.4 Å². The second kappa shape index (κ2) is 8.76. The molecule has 30 heavy (non-hydrogen) atoms. The Balaban J connectivity index is 1.32. The number of nitriles is 1. The zero-order valence-electron chi connectivity index (χ0n) is 16.7. The zero-order chi connectivity index (χ0) is 20.9. The van der Waals surface area contributed by atoms with Crippen molar-refractivity contribution in [2.75, 3.05) is 31.5 Å². The molecular formula is C22H22N6O2. The van der Waals surface area contributed by atoms with Crippen molar-refractivity contribution in [3.05, 3.63) is 66.1 Å². The Labute approximate surface area is 174 Å². The molecule has 0 radical (unpaired) electrons. The molecule has 2 aromatic carbocycles. The minimum Gasteiger partial charge on any atom is -0.337 e. The van der Waals surface area contributed by atoms with Gasteiger partial charge >= 0.3 is 6.03 Å². The number of carbonyl (C=O) groups excluding carboxylic acids is 1. The molecule has 2 heterocycles. The lowest BCUT2D eigenvalue weighted by Crippen LogP contribution is -2.50. The number of aromatic nitrogens is 2. The molecule has 1 fully saturated rings. The van der Waals surface area contributed by atoms with Gasteiger partial charge < -0.3 is 14.7 Å². The van der Waals surface area contributed by atoms with Crippen molar-refractivity contribution in [2.45, 2.75) is 13.0 Å². The van der Waals surface area contributed by atoms with E-state index in [1.54, 1.807) is 29.2 Å². The van der Waals surface area contributed by atoms with Gasteiger partial charge in [-0.05, 0) is 31.2 Å². The number of benzene rings is 2. The van der Waals surface area contributed by atoms with Gasteiger partial charge in [0.1, 0.15) is 0 Å². The number of nitrogens with one attached hydrogen (secondary N) is 1. The highest BCUT2D eigenvalue weighted by Gasteiger charge is 2.27. The van der Waals surface area contributed by atoms with E-state index in [0.29, 0.717) is 49.1 Å². The number of anilines is 1. The number of rotatable bonds is 4. The topological polar surface area (TPSA) is 98.3 Å². The lowest BCUT2D eigenvalue weighted by molar-refractivity contribution is 0.104. The minimum atomic E-state index is -0.142. The number of hydrogen-bond acceptors (Lipinski definition) is 6. The molecule has 0 spiro atoms. The van der Waals surface area contributed by atoms with E-state index >= 15 is 0 Å². The van der Waals surface area contributed by atoms with E-state index in [4.69, 9.17) is 9.78 Å². The summed E-state index contributed by atoms with van der Waals surface area (Å²) in [4.78, 5) is 21.1. The summed E-state index contributed by atoms with van der Waals surface area (Å²) in [7, 11) is 0. The summed E-state index contributed by atoms with van der Waals surface area (Å²) in [6, 6.07) is 18.5. The standard InChI is InChI=1S/C22H22N6O2/c1-16(21-25-20(26-30-21)18-5-3-2-4-6-18)27-11-13-28(14-12-27)22(29)24-19-9-7-17(15-23)8-10-19/h2-10,16H,11-14H2,1H3,(H,24,29). The van der Waals surface area contributed by atoms with E-state index < -0.39 is 0 Å². The first kappa shape index (κ1) is 19.6. The molecule has 2 amide bonds. The number of nitrogens with zero attached hydrogens (tertiary/aromatic N) is 5. The normalized spacial score (nSPS) is 15.4. The van der Waals surface area contributed by atoms with Crippen LogP contribution in [0.15, 0.2) is 59.1 Å². The van der Waals surface area contributed by atoms with Crippen molar-refractivity contribution in [1.29, 1.82) is 5.26 Å². The molecule has 152 valence electrons. The van der Waals surface area contributed by atoms with Crippen LogP contribution < -0.4 is 5.32 Å². The fourth-order valence-corrected chi connectivity index (χ4v) is 3.41. The van der Waals surface area contributed by atoms with Gasteiger partial charge in [0.15, 0.2) is 0 Å². The predicted octanol–water partition coefficient (Wildman–Crippen LogP) is 3.52. The quantitative estimate of drug-likeness (QED) is 0.717. The Morgan fingerprint density at radius 3 is 2.47 bits per heavy atom. The molecule has 1 atom stereocenters. The Morgan fingerprint density at radius 2 is 1.80 bits per heavy atom. The maximum Gasteiger partial charge on any atom is 0.321 e. The molecule has 0 bridgehead atoms. The highest BCUT2D eigenvalue weighted by Crippen LogP contribution is 2.23. The molecule has 0 saturated carbocycles. The van der Waals surface area contributed by atoms with Gasteiger partial charge in [-0.1, -0.05) is 35.5 Å². The van der Waals surface area contributed by atoms with Crippen LogP contribution in [0.2, 0.25) is 0 Å². The van der Waals surface area contributed by atoms with Crippen LogP contribution in [0, 0.1) is 11.3 Å². The van der Waals surface area contributed by atoms with Gasteiger partial charge in [0, 0.05) is 37.4 Å². The molecule has 1 aromatic heterocycles. The highest BCUT2D eigenvalue weighted by molar-refractivity contribution is 5.89. The third-order valence-electron chi connectivity index (χ3n) is 5.25. The molecule has 1 aliphatic heterocycles. The van der Waals surface area contributed by atoms with Crippen molar-refractivity contribution < 1.29 is 9.32 Å². The lowest BCUT2D eigenvalue weighted by Gasteiger charge is -2.36. The van der Waals surface area contributed by atoms with Gasteiger partial charge in [-0.15, -0.1) is 0 Å². The summed E-state index contributed by atoms with van der Waals surface area (Å²) in [6.07, 6.45) is 0. The fourth-order valence-electron chi connectivity index (χ4n) is 3.41. The first-order chi connectivity index (χ1) is 14.6. The van der Waals surface area contributed by atoms with Crippen LogP contribution >= 0.6 is 0 Å². The first-order valence-corrected chi connectivity index (χ1v) is 9.83. The number of amides is 2. The van der Waals surface area contributed by atoms with E-state index in [2.05, 4.69) is 26.4 Å². The second-order valence-corrected chi connectivity index (χ2v) is 7.14. The summed E-state index contributed by atoms with van der Waals surface area (Å²) >= 11 is 0. The molecule has 1 N–H and O–H groups in total. The van der Waals surface area contributed by atoms with Gasteiger partial charge in [-0.2, -0.15) is 10.2 Å². The van der Waals surface area contributed by atoms with Crippen molar-refractivity contribution in [3.63, 3.8) is 0 Å². The van der Waals surface area contributed by atoms with Gasteiger partial charge in [0.2, 0.25) is 11.7 Å². The number of carbonyl (C=O) groups is 1. The first-order valence-electron chi connectivity index (χ1n) is 9.83. The number of hydrogen-bond donors (Lipinski definition) is 1. The predicted molar refractivity (Wildman–Crippen MR) is 111 cm³/mol. The van der Waals surface area contributed by atoms with E-state index in [1.807, 2.05) is 37.3 Å². The van der Waals surface area contributed by atoms with Gasteiger partial charge in [0.05, 0.1) is 17.7 Å². The van der Waals surface area contributed by atoms with E-state index in [-0.39, 0.29) is 12.1 Å². The molecule has 4 rings (SSSR count). The van der Waals surface area contributed by atoms with Crippen LogP contribution in [0.5, 0.6) is 0 Å². The van der Waals surface area contributed by atoms with Crippen LogP contribution in [0.1, 0.15) is 24.4 Å². The highest BCUT2D eigenvalue weighted by atomic mass is 16.5. The minimum absolute atomic E-state index is 0.0290. The van der Waals surface area contributed by atoms with Gasteiger partial charge in [-0.3, -0.25) is 4.90 Å². The van der Waals surface area contributed by atoms with Crippen LogP contribution in [-0.2, 0) is 0 Å². The van der Waals surface area contributed by atoms with E-state index in [9.17, 15) is 4.79 Å². The van der Waals surface area contributed by atoms with E-state index in [1.165, 1.54) is 0 Å². The Bertz CT molecular complexity index is 1030. The maximum atomic E-state index is 12.5. The zero-order valence-corrected chi connectivity index (χ0v) is 16.7. The fraction of sp³-hybridized carbons (Fsp3) is 0.273. The number of piperazine rings is 1. The number of urea groups is 1. The molecule has 8 nitrogen and oxygen atoms in total. The monoisotopic (exact) mass is 402 g/mol. The van der Waals surface area contributed by atoms with Crippen molar-refractivity contribution in [2.24, 2.45) is 0 Å². The lowest BCUT2D eigenvalue weighted by atomic mass is 10.2. The summed E-state index contributed by atoms with van der Waals surface area (Å²) in [6.45, 7) is 4.67. The SMILES string of the molecule is CC(c1nc(-c2ccccc2)no1)N1CCN(C(=O)Nc2ccc(C#N)cc2)CC1. The van der Waals surface area contributed by atoms with Crippen LogP contribution in [-0.4, -0.2) is 52.2 Å². The largest absolute Gasteiger partial charge is 0.337 e. The molecule has 8 heteroatoms. The van der Waals surface area contributed by atoms with Crippen LogP contribution in [0.3, 0.4) is 0 Å². The molecule has 3 aromatic rings. The van der Waals surface area contributed by atoms with Gasteiger partial charge in [0.25, 0.3) is 0 Å². The third-order valence-corrected chi connectivity index (χ3v) is 5.25. The summed E-state index contributed by atoms with van der Waals surface area (Å²) < 4.78 is 5.49. The van der Waals surface area contributed by atoms with Crippen molar-refractivity contribution in [3.8, 4) is 17.5 Å². The second-order valence-electron chi connectivity index (χ2n) is 7.14. The average molecular weight is 402 g/mol. The van der Waals surface area contributed by atoms with Crippen LogP contribution in [0.4, 0.5) is 10.5 Å². The summed E-state index contributed by atoms with van der Waals surface area (Å²) in [5.74, 6) is 1.15. The molecule has 0 aliphatic carbocycles. The maximum absolute atomic E-state index is 12.5. The van der Waals surface area contributed by atoms with E-state index in [0.717, 1.165) is 5.56 Å². The summed E-state index contributed by atoms with van der Waals surface area (Å²) in [5, 5.41) is 15.8. The van der Waals surface area contributed by atoms with Gasteiger partial charge in [-0.25, -0.2) is 4.79 Å².